The van der Waals surface area contributed by atoms with Crippen molar-refractivity contribution in [1.29, 1.82) is 0 Å². The fourth-order valence-corrected chi connectivity index (χ4v) is 3.69. The maximum Gasteiger partial charge on any atom is 0.337 e. The molecule has 0 fully saturated rings. The highest BCUT2D eigenvalue weighted by molar-refractivity contribution is 7.80. The molecule has 1 aliphatic rings. The third-order valence-corrected chi connectivity index (χ3v) is 5.27. The molecule has 6 nitrogen and oxygen atoms in total. The smallest absolute Gasteiger partial charge is 0.337 e. The van der Waals surface area contributed by atoms with E-state index in [4.69, 9.17) is 21.7 Å². The standard InChI is InChI=1S/C22H21FN2O4S/c1-12-5-10-16(11-17(12)23)25-13(2)18(21(27)29-4)19(24-22(25)30)14-6-8-15(9-7-14)20(26)28-3/h5-11,19H,1-4H3,(H,24,30)/t19-/m0/s1. The molecule has 3 rings (SSSR count). The van der Waals surface area contributed by atoms with Gasteiger partial charge in [0.05, 0.1) is 37.1 Å². The Morgan fingerprint density at radius 1 is 1.03 bits per heavy atom. The maximum absolute atomic E-state index is 14.1. The Bertz CT molecular complexity index is 1050. The SMILES string of the molecule is COC(=O)C1=C(C)N(c2ccc(C)c(F)c2)C(=S)N[C@H]1c1ccc(C(=O)OC)cc1. The molecule has 2 aromatic rings. The zero-order valence-corrected chi connectivity index (χ0v) is 17.8. The van der Waals surface area contributed by atoms with E-state index in [1.807, 2.05) is 0 Å². The van der Waals surface area contributed by atoms with Gasteiger partial charge in [0.2, 0.25) is 0 Å². The molecule has 0 amide bonds. The summed E-state index contributed by atoms with van der Waals surface area (Å²) in [6, 6.07) is 10.8. The summed E-state index contributed by atoms with van der Waals surface area (Å²) in [7, 11) is 2.60. The minimum absolute atomic E-state index is 0.311. The van der Waals surface area contributed by atoms with Gasteiger partial charge < -0.3 is 14.8 Å². The number of ether oxygens (including phenoxy) is 2. The van der Waals surface area contributed by atoms with E-state index in [0.717, 1.165) is 0 Å². The number of methoxy groups -OCH3 is 2. The van der Waals surface area contributed by atoms with E-state index in [2.05, 4.69) is 5.32 Å². The number of halogens is 1. The molecule has 1 aliphatic heterocycles. The lowest BCUT2D eigenvalue weighted by Crippen LogP contribution is -2.48. The fourth-order valence-electron chi connectivity index (χ4n) is 3.33. The lowest BCUT2D eigenvalue weighted by molar-refractivity contribution is -0.136. The van der Waals surface area contributed by atoms with Gasteiger partial charge in [-0.15, -0.1) is 0 Å². The van der Waals surface area contributed by atoms with Crippen LogP contribution in [0.1, 0.15) is 34.5 Å². The number of thiocarbonyl (C=S) groups is 1. The number of benzene rings is 2. The van der Waals surface area contributed by atoms with E-state index in [9.17, 15) is 14.0 Å². The van der Waals surface area contributed by atoms with E-state index in [0.29, 0.717) is 38.8 Å². The van der Waals surface area contributed by atoms with Crippen LogP contribution in [0.25, 0.3) is 0 Å². The molecule has 1 N–H and O–H groups in total. The van der Waals surface area contributed by atoms with Crippen LogP contribution in [0.2, 0.25) is 0 Å². The molecule has 0 bridgehead atoms. The van der Waals surface area contributed by atoms with E-state index in [1.165, 1.54) is 20.3 Å². The Kier molecular flexibility index (Phi) is 6.17. The van der Waals surface area contributed by atoms with Gasteiger partial charge in [-0.1, -0.05) is 18.2 Å². The van der Waals surface area contributed by atoms with Crippen molar-refractivity contribution < 1.29 is 23.5 Å². The Balaban J connectivity index is 2.08. The summed E-state index contributed by atoms with van der Waals surface area (Å²) in [6.07, 6.45) is 0. The average molecular weight is 428 g/mol. The number of esters is 2. The Morgan fingerprint density at radius 2 is 1.67 bits per heavy atom. The molecule has 2 aromatic carbocycles. The number of aryl methyl sites for hydroxylation is 1. The van der Waals surface area contributed by atoms with E-state index < -0.39 is 18.0 Å². The molecule has 30 heavy (non-hydrogen) atoms. The normalized spacial score (nSPS) is 16.2. The number of rotatable bonds is 4. The van der Waals surface area contributed by atoms with Crippen molar-refractivity contribution in [2.24, 2.45) is 0 Å². The first kappa shape index (κ1) is 21.4. The van der Waals surface area contributed by atoms with Gasteiger partial charge in [-0.25, -0.2) is 14.0 Å². The van der Waals surface area contributed by atoms with Crippen LogP contribution in [0.4, 0.5) is 10.1 Å². The minimum atomic E-state index is -0.594. The van der Waals surface area contributed by atoms with Gasteiger partial charge in [-0.2, -0.15) is 0 Å². The monoisotopic (exact) mass is 428 g/mol. The molecule has 0 aromatic heterocycles. The topological polar surface area (TPSA) is 67.9 Å². The van der Waals surface area contributed by atoms with Gasteiger partial charge in [-0.05, 0) is 61.5 Å². The van der Waals surface area contributed by atoms with Gasteiger partial charge in [0, 0.05) is 5.70 Å². The van der Waals surface area contributed by atoms with E-state index in [1.54, 1.807) is 55.1 Å². The van der Waals surface area contributed by atoms with Crippen molar-refractivity contribution >= 4 is 35.0 Å². The molecule has 0 saturated heterocycles. The van der Waals surface area contributed by atoms with Crippen LogP contribution in [-0.2, 0) is 14.3 Å². The number of nitrogens with zero attached hydrogens (tertiary/aromatic N) is 1. The summed E-state index contributed by atoms with van der Waals surface area (Å²) >= 11 is 5.53. The Morgan fingerprint density at radius 3 is 2.23 bits per heavy atom. The molecule has 0 aliphatic carbocycles. The number of anilines is 1. The summed E-state index contributed by atoms with van der Waals surface area (Å²) < 4.78 is 23.9. The summed E-state index contributed by atoms with van der Waals surface area (Å²) in [6.45, 7) is 3.40. The van der Waals surface area contributed by atoms with Gasteiger partial charge in [0.15, 0.2) is 5.11 Å². The number of hydrogen-bond acceptors (Lipinski definition) is 5. The number of carbonyl (C=O) groups excluding carboxylic acids is 2. The van der Waals surface area contributed by atoms with Crippen molar-refractivity contribution in [3.05, 3.63) is 76.2 Å². The minimum Gasteiger partial charge on any atom is -0.466 e. The predicted molar refractivity (Wildman–Crippen MR) is 115 cm³/mol. The van der Waals surface area contributed by atoms with Crippen LogP contribution < -0.4 is 10.2 Å². The fraction of sp³-hybridized carbons (Fsp3) is 0.227. The number of carbonyl (C=O) groups is 2. The van der Waals surface area contributed by atoms with Gasteiger partial charge in [0.1, 0.15) is 5.82 Å². The highest BCUT2D eigenvalue weighted by atomic mass is 32.1. The van der Waals surface area contributed by atoms with Crippen LogP contribution in [0, 0.1) is 12.7 Å². The third-order valence-electron chi connectivity index (χ3n) is 4.97. The number of hydrogen-bond donors (Lipinski definition) is 1. The first-order valence-electron chi connectivity index (χ1n) is 9.12. The molecule has 1 atom stereocenters. The molecular formula is C22H21FN2O4S. The molecule has 0 radical (unpaired) electrons. The second-order valence-corrected chi connectivity index (χ2v) is 7.14. The predicted octanol–water partition coefficient (Wildman–Crippen LogP) is 3.80. The number of allylic oxidation sites excluding steroid dienone is 1. The lowest BCUT2D eigenvalue weighted by Gasteiger charge is -2.37. The van der Waals surface area contributed by atoms with Crippen molar-refractivity contribution in [3.63, 3.8) is 0 Å². The largest absolute Gasteiger partial charge is 0.466 e. The van der Waals surface area contributed by atoms with Gasteiger partial charge >= 0.3 is 11.9 Å². The molecule has 0 spiro atoms. The molecule has 156 valence electrons. The highest BCUT2D eigenvalue weighted by Gasteiger charge is 2.35. The van der Waals surface area contributed by atoms with Crippen LogP contribution in [-0.4, -0.2) is 31.3 Å². The quantitative estimate of drug-likeness (QED) is 0.587. The highest BCUT2D eigenvalue weighted by Crippen LogP contribution is 2.34. The first-order chi connectivity index (χ1) is 14.3. The van der Waals surface area contributed by atoms with E-state index in [-0.39, 0.29) is 5.82 Å². The molecular weight excluding hydrogens is 407 g/mol. The van der Waals surface area contributed by atoms with Crippen LogP contribution in [0.5, 0.6) is 0 Å². The summed E-state index contributed by atoms with van der Waals surface area (Å²) in [5, 5.41) is 3.44. The lowest BCUT2D eigenvalue weighted by atomic mass is 9.94. The van der Waals surface area contributed by atoms with Crippen molar-refractivity contribution in [2.75, 3.05) is 19.1 Å². The summed E-state index contributed by atoms with van der Waals surface area (Å²) in [4.78, 5) is 25.9. The van der Waals surface area contributed by atoms with Crippen LogP contribution in [0.15, 0.2) is 53.7 Å². The van der Waals surface area contributed by atoms with Crippen molar-refractivity contribution in [2.45, 2.75) is 19.9 Å². The Hall–Kier alpha value is -3.26. The molecule has 8 heteroatoms. The second kappa shape index (κ2) is 8.62. The molecule has 0 saturated carbocycles. The first-order valence-corrected chi connectivity index (χ1v) is 9.53. The zero-order chi connectivity index (χ0) is 22.0. The van der Waals surface area contributed by atoms with Gasteiger partial charge in [-0.3, -0.25) is 4.90 Å². The molecule has 1 heterocycles. The zero-order valence-electron chi connectivity index (χ0n) is 17.0. The average Bonchev–Trinajstić information content (AvgIpc) is 2.74. The summed E-state index contributed by atoms with van der Waals surface area (Å²) in [5.41, 5.74) is 2.95. The van der Waals surface area contributed by atoms with Gasteiger partial charge in [0.25, 0.3) is 0 Å². The van der Waals surface area contributed by atoms with Crippen molar-refractivity contribution in [3.8, 4) is 0 Å². The third kappa shape index (κ3) is 3.91. The maximum atomic E-state index is 14.1. The molecule has 0 unspecified atom stereocenters. The number of nitrogens with one attached hydrogen (secondary N) is 1. The van der Waals surface area contributed by atoms with Crippen LogP contribution >= 0.6 is 12.2 Å². The van der Waals surface area contributed by atoms with E-state index >= 15 is 0 Å². The van der Waals surface area contributed by atoms with Crippen LogP contribution in [0.3, 0.4) is 0 Å². The summed E-state index contributed by atoms with van der Waals surface area (Å²) in [5.74, 6) is -1.37. The Labute approximate surface area is 179 Å². The second-order valence-electron chi connectivity index (χ2n) is 6.76. The van der Waals surface area contributed by atoms with Crippen molar-refractivity contribution in [1.82, 2.24) is 5.32 Å².